The monoisotopic (exact) mass is 387 g/mol. The van der Waals surface area contributed by atoms with Crippen molar-refractivity contribution < 1.29 is 13.6 Å². The highest BCUT2D eigenvalue weighted by Gasteiger charge is 2.28. The fourth-order valence-corrected chi connectivity index (χ4v) is 3.59. The molecule has 7 heteroatoms. The van der Waals surface area contributed by atoms with Gasteiger partial charge in [-0.25, -0.2) is 4.39 Å². The van der Waals surface area contributed by atoms with Gasteiger partial charge in [-0.3, -0.25) is 4.79 Å². The van der Waals surface area contributed by atoms with Crippen molar-refractivity contribution in [1.82, 2.24) is 10.3 Å². The minimum atomic E-state index is -0.392. The van der Waals surface area contributed by atoms with Crippen molar-refractivity contribution in [2.45, 2.75) is 19.4 Å². The molecule has 1 N–H and O–H groups in total. The molecule has 1 amide bonds. The van der Waals surface area contributed by atoms with E-state index >= 15 is 0 Å². The van der Waals surface area contributed by atoms with Gasteiger partial charge in [-0.05, 0) is 42.7 Å². The predicted molar refractivity (Wildman–Crippen MR) is 102 cm³/mol. The highest BCUT2D eigenvalue weighted by Crippen LogP contribution is 2.26. The Kier molecular flexibility index (Phi) is 4.99. The number of fused-ring (bicyclic) bond motifs is 1. The van der Waals surface area contributed by atoms with Crippen LogP contribution >= 0.6 is 11.6 Å². The third-order valence-corrected chi connectivity index (χ3v) is 5.17. The number of nitrogens with one attached hydrogen (secondary N) is 1. The topological polar surface area (TPSA) is 58.4 Å². The lowest BCUT2D eigenvalue weighted by Gasteiger charge is -2.30. The molecule has 5 nitrogen and oxygen atoms in total. The number of piperidine rings is 1. The second kappa shape index (κ2) is 7.56. The zero-order valence-corrected chi connectivity index (χ0v) is 15.4. The van der Waals surface area contributed by atoms with E-state index in [1.807, 2.05) is 29.2 Å². The summed E-state index contributed by atoms with van der Waals surface area (Å²) in [5, 5.41) is 3.22. The first-order valence-electron chi connectivity index (χ1n) is 8.92. The average molecular weight is 388 g/mol. The molecule has 1 unspecified atom stereocenters. The number of halogens is 2. The second-order valence-electron chi connectivity index (χ2n) is 6.70. The highest BCUT2D eigenvalue weighted by atomic mass is 35.5. The molecule has 2 aromatic carbocycles. The van der Waals surface area contributed by atoms with Gasteiger partial charge in [-0.15, -0.1) is 0 Å². The van der Waals surface area contributed by atoms with Gasteiger partial charge in [-0.2, -0.15) is 4.98 Å². The van der Waals surface area contributed by atoms with Gasteiger partial charge in [0, 0.05) is 24.7 Å². The number of hydrogen-bond donors (Lipinski definition) is 1. The van der Waals surface area contributed by atoms with Gasteiger partial charge in [0.05, 0.1) is 5.92 Å². The van der Waals surface area contributed by atoms with Crippen LogP contribution in [-0.2, 0) is 11.3 Å². The Morgan fingerprint density at radius 3 is 3.00 bits per heavy atom. The molecule has 1 aromatic heterocycles. The minimum Gasteiger partial charge on any atom is -0.423 e. The third kappa shape index (κ3) is 3.90. The van der Waals surface area contributed by atoms with Gasteiger partial charge in [0.2, 0.25) is 5.91 Å². The standard InChI is InChI=1S/C20H19ClFN3O2/c21-16-10-15(22)8-7-13(16)11-23-19(26)14-4-3-9-25(12-14)20-24-17-5-1-2-6-18(17)27-20/h1-2,5-8,10,14H,3-4,9,11-12H2,(H,23,26). The van der Waals surface area contributed by atoms with Crippen molar-refractivity contribution >= 4 is 34.6 Å². The van der Waals surface area contributed by atoms with E-state index in [1.54, 1.807) is 6.07 Å². The van der Waals surface area contributed by atoms with Gasteiger partial charge < -0.3 is 14.6 Å². The molecule has 1 atom stereocenters. The molecule has 4 rings (SSSR count). The number of hydrogen-bond acceptors (Lipinski definition) is 4. The number of anilines is 1. The number of aromatic nitrogens is 1. The van der Waals surface area contributed by atoms with Gasteiger partial charge in [0.25, 0.3) is 6.01 Å². The molecule has 0 spiro atoms. The lowest BCUT2D eigenvalue weighted by atomic mass is 9.97. The predicted octanol–water partition coefficient (Wildman–Crippen LogP) is 4.15. The summed E-state index contributed by atoms with van der Waals surface area (Å²) in [5.74, 6) is -0.597. The molecule has 27 heavy (non-hydrogen) atoms. The van der Waals surface area contributed by atoms with Crippen LogP contribution in [-0.4, -0.2) is 24.0 Å². The molecule has 1 aliphatic heterocycles. The average Bonchev–Trinajstić information content (AvgIpc) is 3.11. The van der Waals surface area contributed by atoms with Crippen molar-refractivity contribution in [1.29, 1.82) is 0 Å². The van der Waals surface area contributed by atoms with Crippen molar-refractivity contribution in [3.8, 4) is 0 Å². The molecule has 1 saturated heterocycles. The normalized spacial score (nSPS) is 17.3. The van der Waals surface area contributed by atoms with Crippen LogP contribution in [0, 0.1) is 11.7 Å². The molecule has 1 fully saturated rings. The van der Waals surface area contributed by atoms with E-state index in [4.69, 9.17) is 16.0 Å². The molecular formula is C20H19ClFN3O2. The van der Waals surface area contributed by atoms with E-state index in [1.165, 1.54) is 12.1 Å². The maximum Gasteiger partial charge on any atom is 0.298 e. The van der Waals surface area contributed by atoms with Gasteiger partial charge in [0.15, 0.2) is 5.58 Å². The number of rotatable bonds is 4. The van der Waals surface area contributed by atoms with Crippen LogP contribution < -0.4 is 10.2 Å². The molecule has 0 radical (unpaired) electrons. The number of oxazole rings is 1. The van der Waals surface area contributed by atoms with Gasteiger partial charge in [0.1, 0.15) is 11.3 Å². The summed E-state index contributed by atoms with van der Waals surface area (Å²) in [5.41, 5.74) is 2.24. The number of carbonyl (C=O) groups is 1. The van der Waals surface area contributed by atoms with E-state index in [9.17, 15) is 9.18 Å². The Morgan fingerprint density at radius 1 is 1.33 bits per heavy atom. The summed E-state index contributed by atoms with van der Waals surface area (Å²) in [6.45, 7) is 1.63. The van der Waals surface area contributed by atoms with Gasteiger partial charge in [-0.1, -0.05) is 29.8 Å². The molecule has 140 valence electrons. The van der Waals surface area contributed by atoms with E-state index in [-0.39, 0.29) is 18.4 Å². The van der Waals surface area contributed by atoms with Crippen LogP contribution in [0.4, 0.5) is 10.4 Å². The van der Waals surface area contributed by atoms with E-state index in [0.29, 0.717) is 23.1 Å². The van der Waals surface area contributed by atoms with Crippen LogP contribution in [0.2, 0.25) is 5.02 Å². The number of para-hydroxylation sites is 2. The SMILES string of the molecule is O=C(NCc1ccc(F)cc1Cl)C1CCCN(c2nc3ccccc3o2)C1. The summed E-state index contributed by atoms with van der Waals surface area (Å²) < 4.78 is 18.9. The molecule has 0 bridgehead atoms. The molecule has 3 aromatic rings. The van der Waals surface area contributed by atoms with E-state index < -0.39 is 5.82 Å². The Balaban J connectivity index is 1.40. The Labute approximate surface area is 161 Å². The Hall–Kier alpha value is -2.60. The molecule has 0 saturated carbocycles. The summed E-state index contributed by atoms with van der Waals surface area (Å²) in [6.07, 6.45) is 1.69. The van der Waals surface area contributed by atoms with Crippen molar-refractivity contribution in [3.05, 3.63) is 58.9 Å². The fraction of sp³-hybridized carbons (Fsp3) is 0.300. The fourth-order valence-electron chi connectivity index (χ4n) is 3.35. The summed E-state index contributed by atoms with van der Waals surface area (Å²) in [7, 11) is 0. The number of nitrogens with zero attached hydrogens (tertiary/aromatic N) is 2. The summed E-state index contributed by atoms with van der Waals surface area (Å²) in [6, 6.07) is 12.3. The molecular weight excluding hydrogens is 369 g/mol. The van der Waals surface area contributed by atoms with Crippen LogP contribution in [0.5, 0.6) is 0 Å². The van der Waals surface area contributed by atoms with Crippen molar-refractivity contribution in [2.24, 2.45) is 5.92 Å². The number of benzene rings is 2. The van der Waals surface area contributed by atoms with Crippen molar-refractivity contribution in [2.75, 3.05) is 18.0 Å². The molecule has 1 aliphatic rings. The van der Waals surface area contributed by atoms with E-state index in [0.717, 1.165) is 30.5 Å². The second-order valence-corrected chi connectivity index (χ2v) is 7.11. The molecule has 2 heterocycles. The van der Waals surface area contributed by atoms with Crippen LogP contribution in [0.15, 0.2) is 46.9 Å². The first-order valence-corrected chi connectivity index (χ1v) is 9.30. The van der Waals surface area contributed by atoms with Crippen LogP contribution in [0.3, 0.4) is 0 Å². The quantitative estimate of drug-likeness (QED) is 0.730. The molecule has 0 aliphatic carbocycles. The highest BCUT2D eigenvalue weighted by molar-refractivity contribution is 6.31. The lowest BCUT2D eigenvalue weighted by molar-refractivity contribution is -0.125. The first kappa shape index (κ1) is 17.8. The maximum absolute atomic E-state index is 13.1. The van der Waals surface area contributed by atoms with Crippen LogP contribution in [0.25, 0.3) is 11.1 Å². The number of amides is 1. The summed E-state index contributed by atoms with van der Waals surface area (Å²) >= 11 is 6.02. The zero-order chi connectivity index (χ0) is 18.8. The maximum atomic E-state index is 13.1. The third-order valence-electron chi connectivity index (χ3n) is 4.81. The first-order chi connectivity index (χ1) is 13.1. The van der Waals surface area contributed by atoms with E-state index in [2.05, 4.69) is 10.3 Å². The number of carbonyl (C=O) groups excluding carboxylic acids is 1. The smallest absolute Gasteiger partial charge is 0.298 e. The summed E-state index contributed by atoms with van der Waals surface area (Å²) in [4.78, 5) is 19.1. The zero-order valence-electron chi connectivity index (χ0n) is 14.6. The van der Waals surface area contributed by atoms with Crippen molar-refractivity contribution in [3.63, 3.8) is 0 Å². The Bertz CT molecular complexity index is 942. The minimum absolute atomic E-state index is 0.0452. The Morgan fingerprint density at radius 2 is 2.19 bits per heavy atom. The lowest BCUT2D eigenvalue weighted by Crippen LogP contribution is -2.43. The van der Waals surface area contributed by atoms with Gasteiger partial charge >= 0.3 is 0 Å². The largest absolute Gasteiger partial charge is 0.423 e. The van der Waals surface area contributed by atoms with Crippen LogP contribution in [0.1, 0.15) is 18.4 Å².